The molecule has 0 aliphatic heterocycles. The van der Waals surface area contributed by atoms with Crippen LogP contribution in [0, 0.1) is 0 Å². The fraction of sp³-hybridized carbons (Fsp3) is 0.400. The predicted octanol–water partition coefficient (Wildman–Crippen LogP) is 3.01. The Balaban J connectivity index is 2.49. The summed E-state index contributed by atoms with van der Waals surface area (Å²) in [4.78, 5) is 11.6. The van der Waals surface area contributed by atoms with E-state index in [1.165, 1.54) is 0 Å². The van der Waals surface area contributed by atoms with E-state index < -0.39 is 0 Å². The number of amides is 1. The van der Waals surface area contributed by atoms with Crippen LogP contribution >= 0.6 is 0 Å². The van der Waals surface area contributed by atoms with Crippen molar-refractivity contribution in [3.8, 4) is 5.75 Å². The number of ether oxygens (including phenoxy) is 1. The second-order valence-corrected chi connectivity index (χ2v) is 4.30. The SMILES string of the molecule is CCCC(C)NC(=O)/C=C/c1ccc(OC)cc1. The van der Waals surface area contributed by atoms with E-state index in [4.69, 9.17) is 4.74 Å². The van der Waals surface area contributed by atoms with Crippen molar-refractivity contribution in [1.29, 1.82) is 0 Å². The number of rotatable bonds is 6. The summed E-state index contributed by atoms with van der Waals surface area (Å²) in [7, 11) is 1.63. The summed E-state index contributed by atoms with van der Waals surface area (Å²) in [5, 5.41) is 2.92. The Kier molecular flexibility index (Phi) is 5.98. The van der Waals surface area contributed by atoms with Gasteiger partial charge in [-0.15, -0.1) is 0 Å². The van der Waals surface area contributed by atoms with E-state index in [2.05, 4.69) is 12.2 Å². The molecule has 1 rings (SSSR count). The van der Waals surface area contributed by atoms with Crippen LogP contribution in [-0.4, -0.2) is 19.1 Å². The van der Waals surface area contributed by atoms with Gasteiger partial charge in [-0.25, -0.2) is 0 Å². The fourth-order valence-corrected chi connectivity index (χ4v) is 1.68. The fourth-order valence-electron chi connectivity index (χ4n) is 1.68. The molecule has 1 atom stereocenters. The van der Waals surface area contributed by atoms with Gasteiger partial charge >= 0.3 is 0 Å². The van der Waals surface area contributed by atoms with Crippen molar-refractivity contribution in [2.24, 2.45) is 0 Å². The highest BCUT2D eigenvalue weighted by Crippen LogP contribution is 2.12. The van der Waals surface area contributed by atoms with Crippen molar-refractivity contribution in [2.45, 2.75) is 32.7 Å². The van der Waals surface area contributed by atoms with Crippen LogP contribution in [0.4, 0.5) is 0 Å². The molecule has 3 nitrogen and oxygen atoms in total. The lowest BCUT2D eigenvalue weighted by atomic mass is 10.2. The summed E-state index contributed by atoms with van der Waals surface area (Å²) >= 11 is 0. The van der Waals surface area contributed by atoms with Crippen LogP contribution < -0.4 is 10.1 Å². The Labute approximate surface area is 109 Å². The topological polar surface area (TPSA) is 38.3 Å². The van der Waals surface area contributed by atoms with E-state index >= 15 is 0 Å². The van der Waals surface area contributed by atoms with Gasteiger partial charge in [-0.1, -0.05) is 25.5 Å². The number of carbonyl (C=O) groups is 1. The van der Waals surface area contributed by atoms with Crippen LogP contribution in [0.15, 0.2) is 30.3 Å². The summed E-state index contributed by atoms with van der Waals surface area (Å²) in [5.41, 5.74) is 0.981. The number of methoxy groups -OCH3 is 1. The van der Waals surface area contributed by atoms with Crippen LogP contribution in [0.3, 0.4) is 0 Å². The summed E-state index contributed by atoms with van der Waals surface area (Å²) in [6.07, 6.45) is 5.44. The van der Waals surface area contributed by atoms with Crippen molar-refractivity contribution in [3.63, 3.8) is 0 Å². The monoisotopic (exact) mass is 247 g/mol. The second kappa shape index (κ2) is 7.54. The summed E-state index contributed by atoms with van der Waals surface area (Å²) in [5.74, 6) is 0.764. The van der Waals surface area contributed by atoms with Gasteiger partial charge in [-0.2, -0.15) is 0 Å². The number of nitrogens with one attached hydrogen (secondary N) is 1. The minimum Gasteiger partial charge on any atom is -0.497 e. The molecule has 1 aromatic carbocycles. The molecule has 3 heteroatoms. The molecule has 0 aromatic heterocycles. The molecule has 98 valence electrons. The summed E-state index contributed by atoms with van der Waals surface area (Å²) < 4.78 is 5.07. The normalized spacial score (nSPS) is 12.4. The first kappa shape index (κ1) is 14.3. The molecule has 0 saturated carbocycles. The van der Waals surface area contributed by atoms with Crippen LogP contribution in [0.2, 0.25) is 0 Å². The third-order valence-corrected chi connectivity index (χ3v) is 2.65. The minimum atomic E-state index is -0.0493. The summed E-state index contributed by atoms with van der Waals surface area (Å²) in [6.45, 7) is 4.12. The Bertz CT molecular complexity index is 395. The third kappa shape index (κ3) is 5.04. The van der Waals surface area contributed by atoms with Crippen molar-refractivity contribution in [1.82, 2.24) is 5.32 Å². The molecule has 0 heterocycles. The van der Waals surface area contributed by atoms with Gasteiger partial charge in [0.15, 0.2) is 0 Å². The number of benzene rings is 1. The first-order chi connectivity index (χ1) is 8.65. The Morgan fingerprint density at radius 3 is 2.61 bits per heavy atom. The lowest BCUT2D eigenvalue weighted by Gasteiger charge is -2.10. The van der Waals surface area contributed by atoms with E-state index in [9.17, 15) is 4.79 Å². The molecule has 1 amide bonds. The van der Waals surface area contributed by atoms with Gasteiger partial charge in [-0.05, 0) is 37.1 Å². The predicted molar refractivity (Wildman–Crippen MR) is 74.5 cm³/mol. The molecule has 1 aromatic rings. The quantitative estimate of drug-likeness (QED) is 0.785. The number of hydrogen-bond donors (Lipinski definition) is 1. The van der Waals surface area contributed by atoms with Crippen LogP contribution in [0.1, 0.15) is 32.3 Å². The molecule has 0 fully saturated rings. The molecule has 1 N–H and O–H groups in total. The zero-order valence-corrected chi connectivity index (χ0v) is 11.3. The first-order valence-electron chi connectivity index (χ1n) is 6.28. The zero-order valence-electron chi connectivity index (χ0n) is 11.3. The maximum Gasteiger partial charge on any atom is 0.244 e. The molecule has 0 aliphatic rings. The minimum absolute atomic E-state index is 0.0493. The van der Waals surface area contributed by atoms with Gasteiger partial charge in [0.1, 0.15) is 5.75 Å². The van der Waals surface area contributed by atoms with E-state index in [-0.39, 0.29) is 11.9 Å². The average molecular weight is 247 g/mol. The maximum absolute atomic E-state index is 11.6. The van der Waals surface area contributed by atoms with Crippen molar-refractivity contribution in [2.75, 3.05) is 7.11 Å². The van der Waals surface area contributed by atoms with Crippen LogP contribution in [0.5, 0.6) is 5.75 Å². The lowest BCUT2D eigenvalue weighted by molar-refractivity contribution is -0.117. The van der Waals surface area contributed by atoms with Gasteiger partial charge in [0.2, 0.25) is 5.91 Å². The lowest BCUT2D eigenvalue weighted by Crippen LogP contribution is -2.30. The molecule has 0 saturated heterocycles. The molecule has 0 aliphatic carbocycles. The Morgan fingerprint density at radius 2 is 2.06 bits per heavy atom. The Morgan fingerprint density at radius 1 is 1.39 bits per heavy atom. The van der Waals surface area contributed by atoms with E-state index in [0.717, 1.165) is 24.2 Å². The first-order valence-corrected chi connectivity index (χ1v) is 6.28. The highest BCUT2D eigenvalue weighted by Gasteiger charge is 2.02. The molecule has 1 unspecified atom stereocenters. The molecule has 18 heavy (non-hydrogen) atoms. The van der Waals surface area contributed by atoms with E-state index in [0.29, 0.717) is 0 Å². The molecular weight excluding hydrogens is 226 g/mol. The van der Waals surface area contributed by atoms with Crippen LogP contribution in [0.25, 0.3) is 6.08 Å². The number of hydrogen-bond acceptors (Lipinski definition) is 2. The Hall–Kier alpha value is -1.77. The largest absolute Gasteiger partial charge is 0.497 e. The standard InChI is InChI=1S/C15H21NO2/c1-4-5-12(2)16-15(17)11-8-13-6-9-14(18-3)10-7-13/h6-12H,4-5H2,1-3H3,(H,16,17)/b11-8+. The van der Waals surface area contributed by atoms with Gasteiger partial charge < -0.3 is 10.1 Å². The van der Waals surface area contributed by atoms with Gasteiger partial charge in [0.25, 0.3) is 0 Å². The van der Waals surface area contributed by atoms with Crippen LogP contribution in [-0.2, 0) is 4.79 Å². The molecular formula is C15H21NO2. The highest BCUT2D eigenvalue weighted by molar-refractivity contribution is 5.91. The number of carbonyl (C=O) groups excluding carboxylic acids is 1. The third-order valence-electron chi connectivity index (χ3n) is 2.65. The van der Waals surface area contributed by atoms with Gasteiger partial charge in [0, 0.05) is 12.1 Å². The highest BCUT2D eigenvalue weighted by atomic mass is 16.5. The molecule has 0 spiro atoms. The van der Waals surface area contributed by atoms with Gasteiger partial charge in [-0.3, -0.25) is 4.79 Å². The van der Waals surface area contributed by atoms with E-state index in [1.54, 1.807) is 19.3 Å². The van der Waals surface area contributed by atoms with Gasteiger partial charge in [0.05, 0.1) is 7.11 Å². The van der Waals surface area contributed by atoms with Crippen molar-refractivity contribution in [3.05, 3.63) is 35.9 Å². The van der Waals surface area contributed by atoms with E-state index in [1.807, 2.05) is 31.2 Å². The molecule has 0 bridgehead atoms. The summed E-state index contributed by atoms with van der Waals surface area (Å²) in [6, 6.07) is 7.80. The zero-order chi connectivity index (χ0) is 13.4. The maximum atomic E-state index is 11.6. The second-order valence-electron chi connectivity index (χ2n) is 4.30. The smallest absolute Gasteiger partial charge is 0.244 e. The average Bonchev–Trinajstić information content (AvgIpc) is 2.37. The van der Waals surface area contributed by atoms with Crippen molar-refractivity contribution < 1.29 is 9.53 Å². The molecule has 0 radical (unpaired) electrons. The van der Waals surface area contributed by atoms with Crippen molar-refractivity contribution >= 4 is 12.0 Å².